The molecule has 0 saturated carbocycles. The molecule has 1 aliphatic carbocycles. The van der Waals surface area contributed by atoms with Gasteiger partial charge in [0.25, 0.3) is 0 Å². The molecule has 1 atom stereocenters. The van der Waals surface area contributed by atoms with Gasteiger partial charge in [0, 0.05) is 6.61 Å². The fraction of sp³-hybridized carbons (Fsp3) is 0.733. The van der Waals surface area contributed by atoms with Gasteiger partial charge in [0.05, 0.1) is 32.5 Å². The summed E-state index contributed by atoms with van der Waals surface area (Å²) in [5.41, 5.74) is 1.35. The maximum Gasteiger partial charge on any atom is 0.0823 e. The van der Waals surface area contributed by atoms with Gasteiger partial charge >= 0.3 is 0 Å². The van der Waals surface area contributed by atoms with Crippen molar-refractivity contribution in [3.8, 4) is 0 Å². The van der Waals surface area contributed by atoms with Crippen LogP contribution in [-0.2, 0) is 14.2 Å². The normalized spacial score (nSPS) is 29.8. The van der Waals surface area contributed by atoms with Crippen LogP contribution in [0, 0.1) is 0 Å². The van der Waals surface area contributed by atoms with Crippen LogP contribution in [0.15, 0.2) is 23.8 Å². The van der Waals surface area contributed by atoms with E-state index in [4.69, 9.17) is 14.2 Å². The van der Waals surface area contributed by atoms with Crippen molar-refractivity contribution < 1.29 is 14.2 Å². The second kappa shape index (κ2) is 8.46. The van der Waals surface area contributed by atoms with Crippen LogP contribution >= 0.6 is 0 Å². The molecule has 1 unspecified atom stereocenters. The van der Waals surface area contributed by atoms with Crippen LogP contribution in [0.4, 0.5) is 0 Å². The first-order valence-electron chi connectivity index (χ1n) is 7.10. The Morgan fingerprint density at radius 3 is 2.67 bits per heavy atom. The third-order valence-electron chi connectivity index (χ3n) is 3.31. The molecule has 0 radical (unpaired) electrons. The molecule has 0 saturated heterocycles. The highest BCUT2D eigenvalue weighted by Gasteiger charge is 2.16. The van der Waals surface area contributed by atoms with E-state index in [0.29, 0.717) is 26.4 Å². The van der Waals surface area contributed by atoms with Gasteiger partial charge in [-0.1, -0.05) is 18.2 Å². The van der Waals surface area contributed by atoms with Crippen LogP contribution in [0.2, 0.25) is 0 Å². The lowest BCUT2D eigenvalue weighted by Gasteiger charge is -2.23. The van der Waals surface area contributed by atoms with Crippen LogP contribution < -0.4 is 0 Å². The molecule has 1 heterocycles. The van der Waals surface area contributed by atoms with Crippen molar-refractivity contribution in [2.24, 2.45) is 0 Å². The fourth-order valence-electron chi connectivity index (χ4n) is 2.32. The van der Waals surface area contributed by atoms with Crippen molar-refractivity contribution in [2.45, 2.75) is 38.2 Å². The smallest absolute Gasteiger partial charge is 0.0823 e. The van der Waals surface area contributed by atoms with Crippen molar-refractivity contribution in [1.29, 1.82) is 0 Å². The molecule has 0 aromatic carbocycles. The SMILES string of the molecule is C1=C2/C=C/CCCOCCOCCOC2CCC1. The summed E-state index contributed by atoms with van der Waals surface area (Å²) in [6.45, 7) is 3.53. The molecule has 3 nitrogen and oxygen atoms in total. The molecule has 3 heteroatoms. The summed E-state index contributed by atoms with van der Waals surface area (Å²) >= 11 is 0. The van der Waals surface area contributed by atoms with Gasteiger partial charge in [-0.2, -0.15) is 0 Å². The van der Waals surface area contributed by atoms with Crippen LogP contribution in [0.3, 0.4) is 0 Å². The number of fused-ring (bicyclic) bond motifs is 1. The zero-order chi connectivity index (χ0) is 12.5. The number of hydrogen-bond acceptors (Lipinski definition) is 3. The quantitative estimate of drug-likeness (QED) is 0.663. The zero-order valence-electron chi connectivity index (χ0n) is 11.1. The first-order chi connectivity index (χ1) is 8.97. The van der Waals surface area contributed by atoms with E-state index in [9.17, 15) is 0 Å². The molecule has 18 heavy (non-hydrogen) atoms. The highest BCUT2D eigenvalue weighted by molar-refractivity contribution is 5.25. The lowest BCUT2D eigenvalue weighted by Crippen LogP contribution is -2.21. The van der Waals surface area contributed by atoms with Gasteiger partial charge in [-0.05, 0) is 37.7 Å². The first-order valence-corrected chi connectivity index (χ1v) is 7.10. The van der Waals surface area contributed by atoms with Crippen molar-refractivity contribution in [1.82, 2.24) is 0 Å². The molecule has 0 aromatic rings. The minimum absolute atomic E-state index is 0.276. The van der Waals surface area contributed by atoms with Gasteiger partial charge in [-0.15, -0.1) is 0 Å². The van der Waals surface area contributed by atoms with E-state index < -0.39 is 0 Å². The Kier molecular flexibility index (Phi) is 6.48. The van der Waals surface area contributed by atoms with E-state index >= 15 is 0 Å². The van der Waals surface area contributed by atoms with E-state index in [1.807, 2.05) is 0 Å². The second-order valence-electron chi connectivity index (χ2n) is 4.76. The standard InChI is InChI=1S/C15H24O3/c1-2-6-14-7-3-4-8-15(14)18-13-12-17-11-10-16-9-5-1/h2,6-7,15H,1,3-5,8-13H2/b6-2+. The van der Waals surface area contributed by atoms with E-state index in [0.717, 1.165) is 25.9 Å². The molecular formula is C15H24O3. The number of allylic oxidation sites excluding steroid dienone is 2. The van der Waals surface area contributed by atoms with Crippen LogP contribution in [0.1, 0.15) is 32.1 Å². The fourth-order valence-corrected chi connectivity index (χ4v) is 2.32. The Hall–Kier alpha value is -0.640. The molecule has 0 fully saturated rings. The Balaban J connectivity index is 1.88. The zero-order valence-corrected chi connectivity index (χ0v) is 11.1. The Morgan fingerprint density at radius 2 is 1.72 bits per heavy atom. The molecule has 102 valence electrons. The van der Waals surface area contributed by atoms with Crippen LogP contribution in [0.25, 0.3) is 0 Å². The summed E-state index contributed by atoms with van der Waals surface area (Å²) in [7, 11) is 0. The average molecular weight is 252 g/mol. The van der Waals surface area contributed by atoms with E-state index in [-0.39, 0.29) is 6.10 Å². The Morgan fingerprint density at radius 1 is 0.889 bits per heavy atom. The third-order valence-corrected chi connectivity index (χ3v) is 3.31. The van der Waals surface area contributed by atoms with E-state index in [1.165, 1.54) is 18.4 Å². The maximum absolute atomic E-state index is 5.91. The van der Waals surface area contributed by atoms with E-state index in [2.05, 4.69) is 18.2 Å². The number of ether oxygens (including phenoxy) is 3. The molecule has 0 bridgehead atoms. The van der Waals surface area contributed by atoms with Gasteiger partial charge in [-0.25, -0.2) is 0 Å². The predicted octanol–water partition coefficient (Wildman–Crippen LogP) is 2.87. The van der Waals surface area contributed by atoms with Crippen molar-refractivity contribution in [3.05, 3.63) is 23.8 Å². The van der Waals surface area contributed by atoms with Crippen molar-refractivity contribution in [2.75, 3.05) is 33.0 Å². The number of rotatable bonds is 0. The summed E-state index contributed by atoms with van der Waals surface area (Å²) in [6.07, 6.45) is 12.8. The minimum Gasteiger partial charge on any atom is -0.379 e. The number of hydrogen-bond donors (Lipinski definition) is 0. The average Bonchev–Trinajstić information content (AvgIpc) is 2.41. The lowest BCUT2D eigenvalue weighted by molar-refractivity contribution is -0.00463. The molecular weight excluding hydrogens is 228 g/mol. The topological polar surface area (TPSA) is 27.7 Å². The largest absolute Gasteiger partial charge is 0.379 e. The summed E-state index contributed by atoms with van der Waals surface area (Å²) < 4.78 is 16.8. The molecule has 0 spiro atoms. The summed E-state index contributed by atoms with van der Waals surface area (Å²) in [5, 5.41) is 0. The third kappa shape index (κ3) is 4.92. The first kappa shape index (κ1) is 13.8. The highest BCUT2D eigenvalue weighted by atomic mass is 16.5. The van der Waals surface area contributed by atoms with Crippen molar-refractivity contribution in [3.63, 3.8) is 0 Å². The molecule has 0 N–H and O–H groups in total. The van der Waals surface area contributed by atoms with E-state index in [1.54, 1.807) is 0 Å². The van der Waals surface area contributed by atoms with Gasteiger partial charge in [-0.3, -0.25) is 0 Å². The van der Waals surface area contributed by atoms with Gasteiger partial charge in [0.1, 0.15) is 0 Å². The maximum atomic E-state index is 5.91. The molecule has 2 aliphatic rings. The second-order valence-corrected chi connectivity index (χ2v) is 4.76. The van der Waals surface area contributed by atoms with Crippen molar-refractivity contribution >= 4 is 0 Å². The lowest BCUT2D eigenvalue weighted by atomic mass is 9.95. The monoisotopic (exact) mass is 252 g/mol. The van der Waals surface area contributed by atoms with Gasteiger partial charge < -0.3 is 14.2 Å². The molecule has 0 aromatic heterocycles. The van der Waals surface area contributed by atoms with Crippen LogP contribution in [-0.4, -0.2) is 39.1 Å². The predicted molar refractivity (Wildman–Crippen MR) is 71.7 cm³/mol. The summed E-state index contributed by atoms with van der Waals surface area (Å²) in [5.74, 6) is 0. The highest BCUT2D eigenvalue weighted by Crippen LogP contribution is 2.22. The Bertz CT molecular complexity index is 283. The Labute approximate surface area is 110 Å². The molecule has 2 rings (SSSR count). The van der Waals surface area contributed by atoms with Gasteiger partial charge in [0.15, 0.2) is 0 Å². The molecule has 1 aliphatic heterocycles. The summed E-state index contributed by atoms with van der Waals surface area (Å²) in [4.78, 5) is 0. The summed E-state index contributed by atoms with van der Waals surface area (Å²) in [6, 6.07) is 0. The van der Waals surface area contributed by atoms with Crippen LogP contribution in [0.5, 0.6) is 0 Å². The minimum atomic E-state index is 0.276. The molecule has 0 amide bonds. The van der Waals surface area contributed by atoms with Gasteiger partial charge in [0.2, 0.25) is 0 Å².